The van der Waals surface area contributed by atoms with E-state index in [0.717, 1.165) is 11.1 Å². The van der Waals surface area contributed by atoms with E-state index in [1.165, 1.54) is 13.8 Å². The van der Waals surface area contributed by atoms with E-state index in [-0.39, 0.29) is 17.2 Å². The summed E-state index contributed by atoms with van der Waals surface area (Å²) in [4.78, 5) is 15.5. The maximum atomic E-state index is 11.4. The number of rotatable bonds is 6. The number of ketones is 1. The summed E-state index contributed by atoms with van der Waals surface area (Å²) in [7, 11) is 0. The molecule has 116 valence electrons. The van der Waals surface area contributed by atoms with E-state index in [0.29, 0.717) is 11.3 Å². The summed E-state index contributed by atoms with van der Waals surface area (Å²) in [5, 5.41) is 18.8. The van der Waals surface area contributed by atoms with Crippen LogP contribution in [0.5, 0.6) is 0 Å². The summed E-state index contributed by atoms with van der Waals surface area (Å²) in [6.07, 6.45) is 7.13. The first kappa shape index (κ1) is 19.3. The van der Waals surface area contributed by atoms with E-state index < -0.39 is 0 Å². The first-order chi connectivity index (χ1) is 10.3. The van der Waals surface area contributed by atoms with Gasteiger partial charge in [0.2, 0.25) is 0 Å². The van der Waals surface area contributed by atoms with Crippen LogP contribution in [-0.4, -0.2) is 16.6 Å². The molecule has 0 saturated carbocycles. The van der Waals surface area contributed by atoms with Gasteiger partial charge in [0.05, 0.1) is 11.3 Å². The lowest BCUT2D eigenvalue weighted by Gasteiger charge is -2.05. The minimum absolute atomic E-state index is 0.0457. The van der Waals surface area contributed by atoms with Crippen molar-refractivity contribution in [3.8, 4) is 6.07 Å². The van der Waals surface area contributed by atoms with Crippen LogP contribution in [0.3, 0.4) is 0 Å². The summed E-state index contributed by atoms with van der Waals surface area (Å²) >= 11 is 0. The van der Waals surface area contributed by atoms with E-state index in [9.17, 15) is 15.2 Å². The minimum atomic E-state index is -0.358. The van der Waals surface area contributed by atoms with E-state index >= 15 is 0 Å². The molecule has 0 aliphatic rings. The van der Waals surface area contributed by atoms with Gasteiger partial charge in [-0.2, -0.15) is 5.26 Å². The molecule has 22 heavy (non-hydrogen) atoms. The number of aliphatic hydroxyl groups excluding tert-OH is 1. The second-order valence-corrected chi connectivity index (χ2v) is 4.55. The number of allylic oxidation sites excluding steroid dienone is 9. The summed E-state index contributed by atoms with van der Waals surface area (Å²) in [5.74, 6) is -0.529. The molecule has 0 aliphatic heterocycles. The van der Waals surface area contributed by atoms with Crippen LogP contribution in [0.2, 0.25) is 0 Å². The molecule has 4 heteroatoms. The predicted octanol–water partition coefficient (Wildman–Crippen LogP) is 4.35. The third-order valence-electron chi connectivity index (χ3n) is 2.94. The van der Waals surface area contributed by atoms with Gasteiger partial charge in [-0.25, -0.2) is 4.99 Å². The van der Waals surface area contributed by atoms with Gasteiger partial charge in [0, 0.05) is 6.92 Å². The zero-order chi connectivity index (χ0) is 17.3. The predicted molar refractivity (Wildman–Crippen MR) is 90.5 cm³/mol. The van der Waals surface area contributed by atoms with E-state index in [4.69, 9.17) is 0 Å². The molecule has 0 bridgehead atoms. The van der Waals surface area contributed by atoms with Crippen molar-refractivity contribution in [2.45, 2.75) is 34.6 Å². The lowest BCUT2D eigenvalue weighted by Crippen LogP contribution is -2.03. The molecule has 0 heterocycles. The van der Waals surface area contributed by atoms with Crippen molar-refractivity contribution < 1.29 is 9.90 Å². The fourth-order valence-corrected chi connectivity index (χ4v) is 1.75. The molecule has 0 radical (unpaired) electrons. The average molecular weight is 298 g/mol. The number of aliphatic imine (C=N–C) groups is 1. The minimum Gasteiger partial charge on any atom is -0.510 e. The number of hydrogen-bond acceptors (Lipinski definition) is 4. The maximum Gasteiger partial charge on any atom is 0.181 e. The average Bonchev–Trinajstić information content (AvgIpc) is 2.48. The highest BCUT2D eigenvalue weighted by Crippen LogP contribution is 2.16. The van der Waals surface area contributed by atoms with Crippen molar-refractivity contribution in [1.82, 2.24) is 0 Å². The maximum absolute atomic E-state index is 11.4. The fourth-order valence-electron chi connectivity index (χ4n) is 1.75. The quantitative estimate of drug-likeness (QED) is 0.260. The van der Waals surface area contributed by atoms with Crippen LogP contribution in [-0.2, 0) is 4.79 Å². The smallest absolute Gasteiger partial charge is 0.181 e. The Hall–Kier alpha value is -2.67. The molecule has 0 atom stereocenters. The lowest BCUT2D eigenvalue weighted by molar-refractivity contribution is -0.113. The molecular formula is C18H22N2O2. The third kappa shape index (κ3) is 5.37. The second-order valence-electron chi connectivity index (χ2n) is 4.55. The third-order valence-corrected chi connectivity index (χ3v) is 2.94. The standard InChI is InChI=1S/C18H22N2O2/c1-7-15(8-2)16(9-3)10-17(11-19)12(4)20-18(13(5)21)14(6)22/h7-10,21H,1H2,2-6H3/b15-8+,16-9?,17-10-,18-13+,20-12-. The van der Waals surface area contributed by atoms with Crippen molar-refractivity contribution >= 4 is 11.5 Å². The zero-order valence-electron chi connectivity index (χ0n) is 13.8. The van der Waals surface area contributed by atoms with Gasteiger partial charge < -0.3 is 5.11 Å². The highest BCUT2D eigenvalue weighted by Gasteiger charge is 2.10. The van der Waals surface area contributed by atoms with Gasteiger partial charge in [-0.3, -0.25) is 4.79 Å². The first-order valence-corrected chi connectivity index (χ1v) is 6.85. The molecular weight excluding hydrogens is 276 g/mol. The number of nitriles is 1. The number of carbonyl (C=O) groups excluding carboxylic acids is 1. The molecule has 0 fully saturated rings. The molecule has 0 spiro atoms. The van der Waals surface area contributed by atoms with Crippen molar-refractivity contribution in [2.24, 2.45) is 4.99 Å². The molecule has 0 unspecified atom stereocenters. The zero-order valence-corrected chi connectivity index (χ0v) is 13.8. The van der Waals surface area contributed by atoms with Crippen molar-refractivity contribution in [2.75, 3.05) is 0 Å². The van der Waals surface area contributed by atoms with Gasteiger partial charge in [-0.15, -0.1) is 0 Å². The van der Waals surface area contributed by atoms with Crippen LogP contribution >= 0.6 is 0 Å². The Morgan fingerprint density at radius 2 is 1.73 bits per heavy atom. The van der Waals surface area contributed by atoms with E-state index in [2.05, 4.69) is 17.6 Å². The van der Waals surface area contributed by atoms with Crippen LogP contribution < -0.4 is 0 Å². The second kappa shape index (κ2) is 9.30. The normalized spacial score (nSPS) is 15.1. The number of carbonyl (C=O) groups is 1. The monoisotopic (exact) mass is 298 g/mol. The Balaban J connectivity index is 5.95. The van der Waals surface area contributed by atoms with Gasteiger partial charge in [0.25, 0.3) is 0 Å². The van der Waals surface area contributed by atoms with E-state index in [1.807, 2.05) is 26.0 Å². The van der Waals surface area contributed by atoms with Crippen LogP contribution in [0.25, 0.3) is 0 Å². The molecule has 0 amide bonds. The lowest BCUT2D eigenvalue weighted by atomic mass is 10.0. The Labute approximate surface area is 132 Å². The van der Waals surface area contributed by atoms with E-state index in [1.54, 1.807) is 19.1 Å². The summed E-state index contributed by atoms with van der Waals surface area (Å²) in [5.41, 5.74) is 2.35. The van der Waals surface area contributed by atoms with Gasteiger partial charge in [0.1, 0.15) is 17.5 Å². The SMILES string of the molecule is C=C/C(=C\C)C(=CC)\C=C(C#N)/C(C)=N\C(C(C)=O)=C(/C)O. The molecule has 0 aromatic rings. The van der Waals surface area contributed by atoms with Crippen molar-refractivity contribution in [3.05, 3.63) is 59.1 Å². The van der Waals surface area contributed by atoms with Crippen LogP contribution in [0.15, 0.2) is 64.1 Å². The highest BCUT2D eigenvalue weighted by molar-refractivity contribution is 6.06. The molecule has 4 nitrogen and oxygen atoms in total. The Bertz CT molecular complexity index is 647. The van der Waals surface area contributed by atoms with Crippen LogP contribution in [0, 0.1) is 11.3 Å². The number of hydrogen-bond donors (Lipinski definition) is 1. The molecule has 1 N–H and O–H groups in total. The number of aliphatic hydroxyl groups is 1. The fraction of sp³-hybridized carbons (Fsp3) is 0.278. The molecule has 0 saturated heterocycles. The van der Waals surface area contributed by atoms with Crippen molar-refractivity contribution in [1.29, 1.82) is 5.26 Å². The van der Waals surface area contributed by atoms with Gasteiger partial charge in [-0.05, 0) is 44.9 Å². The Kier molecular flexibility index (Phi) is 8.17. The number of Topliss-reactive ketones (excluding diaryl/α,β-unsaturated/α-hetero) is 1. The topological polar surface area (TPSA) is 73.5 Å². The Morgan fingerprint density at radius 1 is 1.18 bits per heavy atom. The van der Waals surface area contributed by atoms with Crippen LogP contribution in [0.4, 0.5) is 0 Å². The summed E-state index contributed by atoms with van der Waals surface area (Å²) < 4.78 is 0. The van der Waals surface area contributed by atoms with Gasteiger partial charge in [0.15, 0.2) is 5.78 Å². The van der Waals surface area contributed by atoms with Gasteiger partial charge in [-0.1, -0.05) is 24.8 Å². The molecule has 0 aromatic heterocycles. The largest absolute Gasteiger partial charge is 0.510 e. The van der Waals surface area contributed by atoms with Gasteiger partial charge >= 0.3 is 0 Å². The molecule has 0 aromatic carbocycles. The first-order valence-electron chi connectivity index (χ1n) is 6.85. The Morgan fingerprint density at radius 3 is 2.05 bits per heavy atom. The summed E-state index contributed by atoms with van der Waals surface area (Å²) in [6, 6.07) is 2.07. The number of nitrogens with zero attached hydrogens (tertiary/aromatic N) is 2. The summed E-state index contributed by atoms with van der Waals surface area (Å²) in [6.45, 7) is 11.8. The molecule has 0 aliphatic carbocycles. The molecule has 0 rings (SSSR count). The van der Waals surface area contributed by atoms with Crippen LogP contribution in [0.1, 0.15) is 34.6 Å². The van der Waals surface area contributed by atoms with Crippen molar-refractivity contribution in [3.63, 3.8) is 0 Å². The highest BCUT2D eigenvalue weighted by atomic mass is 16.3.